The van der Waals surface area contributed by atoms with Crippen LogP contribution in [0.2, 0.25) is 0 Å². The second-order valence-corrected chi connectivity index (χ2v) is 2.23. The van der Waals surface area contributed by atoms with Crippen molar-refractivity contribution in [2.75, 3.05) is 13.2 Å². The third-order valence-corrected chi connectivity index (χ3v) is 1.06. The van der Waals surface area contributed by atoms with Gasteiger partial charge in [0.2, 0.25) is 0 Å². The molecule has 0 aromatic rings. The van der Waals surface area contributed by atoms with Crippen LogP contribution in [0.4, 0.5) is 13.2 Å². The van der Waals surface area contributed by atoms with Gasteiger partial charge in [0.15, 0.2) is 0 Å². The van der Waals surface area contributed by atoms with Crippen LogP contribution in [0.1, 0.15) is 13.3 Å². The molecule has 0 aromatic carbocycles. The summed E-state index contributed by atoms with van der Waals surface area (Å²) < 4.78 is 38.7. The summed E-state index contributed by atoms with van der Waals surface area (Å²) >= 11 is 0. The molecule has 1 atom stereocenters. The Kier molecular flexibility index (Phi) is 8.37. The average Bonchev–Trinajstić information content (AvgIpc) is 1.83. The van der Waals surface area contributed by atoms with Crippen molar-refractivity contribution >= 4 is 0 Å². The molecule has 6 heteroatoms. The van der Waals surface area contributed by atoms with Gasteiger partial charge >= 0.3 is 25.0 Å². The van der Waals surface area contributed by atoms with Gasteiger partial charge in [-0.05, 0) is 13.3 Å². The molecule has 1 unspecified atom stereocenters. The quantitative estimate of drug-likeness (QED) is 0.454. The summed E-state index contributed by atoms with van der Waals surface area (Å²) in [5.41, 5.74) is 0. The van der Waals surface area contributed by atoms with E-state index >= 15 is 0 Å². The number of rotatable bonds is 4. The molecule has 0 saturated heterocycles. The van der Waals surface area contributed by atoms with Crippen molar-refractivity contribution in [3.63, 3.8) is 0 Å². The van der Waals surface area contributed by atoms with Gasteiger partial charge in [-0.3, -0.25) is 0 Å². The maximum atomic E-state index is 11.5. The maximum absolute atomic E-state index is 11.5. The van der Waals surface area contributed by atoms with Crippen molar-refractivity contribution in [3.05, 3.63) is 0 Å². The smallest absolute Gasteiger partial charge is 0.854 e. The fourth-order valence-electron chi connectivity index (χ4n) is 0.486. The largest absolute Gasteiger partial charge is 1.00 e. The van der Waals surface area contributed by atoms with E-state index in [1.165, 1.54) is 6.92 Å². The van der Waals surface area contributed by atoms with Gasteiger partial charge in [0.25, 0.3) is 0 Å². The Morgan fingerprint density at radius 1 is 1.42 bits per heavy atom. The summed E-state index contributed by atoms with van der Waals surface area (Å²) in [6, 6.07) is 0. The first-order chi connectivity index (χ1) is 4.95. The molecule has 2 nitrogen and oxygen atoms in total. The zero-order valence-corrected chi connectivity index (χ0v) is 7.15. The summed E-state index contributed by atoms with van der Waals surface area (Å²) in [5.74, 6) is 0. The van der Waals surface area contributed by atoms with E-state index in [-0.39, 0.29) is 25.3 Å². The third-order valence-electron chi connectivity index (χ3n) is 1.06. The van der Waals surface area contributed by atoms with Gasteiger partial charge in [-0.1, -0.05) is 0 Å². The minimum absolute atomic E-state index is 0. The molecule has 0 saturated carbocycles. The van der Waals surface area contributed by atoms with Crippen molar-refractivity contribution in [1.29, 1.82) is 0 Å². The van der Waals surface area contributed by atoms with E-state index in [2.05, 4.69) is 4.74 Å². The first kappa shape index (κ1) is 14.8. The normalized spacial score (nSPS) is 13.8. The van der Waals surface area contributed by atoms with E-state index in [4.69, 9.17) is 0 Å². The molecule has 0 heterocycles. The van der Waals surface area contributed by atoms with Crippen molar-refractivity contribution in [3.8, 4) is 0 Å². The third kappa shape index (κ3) is 10.3. The van der Waals surface area contributed by atoms with Gasteiger partial charge in [-0.25, -0.2) is 0 Å². The van der Waals surface area contributed by atoms with Crippen LogP contribution in [0, 0.1) is 0 Å². The summed E-state index contributed by atoms with van der Waals surface area (Å²) in [6.07, 6.45) is -4.78. The summed E-state index contributed by atoms with van der Waals surface area (Å²) in [4.78, 5) is 0. The predicted molar refractivity (Wildman–Crippen MR) is 31.0 cm³/mol. The van der Waals surface area contributed by atoms with E-state index in [1.807, 2.05) is 0 Å². The van der Waals surface area contributed by atoms with Crippen LogP contribution < -0.4 is 24.0 Å². The Labute approximate surface area is 81.3 Å². The minimum Gasteiger partial charge on any atom is -0.854 e. The number of hydrogen-bond donors (Lipinski definition) is 0. The van der Waals surface area contributed by atoms with E-state index in [0.717, 1.165) is 0 Å². The Bertz CT molecular complexity index is 107. The number of alkyl halides is 3. The zero-order valence-electron chi connectivity index (χ0n) is 7.15. The van der Waals surface area contributed by atoms with Crippen molar-refractivity contribution in [2.45, 2.75) is 25.6 Å². The van der Waals surface area contributed by atoms with Crippen LogP contribution in [0.15, 0.2) is 0 Å². The van der Waals surface area contributed by atoms with Crippen molar-refractivity contribution in [1.82, 2.24) is 0 Å². The van der Waals surface area contributed by atoms with Crippen molar-refractivity contribution in [2.24, 2.45) is 0 Å². The van der Waals surface area contributed by atoms with E-state index in [0.29, 0.717) is 0 Å². The van der Waals surface area contributed by atoms with Crippen LogP contribution in [-0.2, 0) is 4.74 Å². The SMILES string of the molecule is CC(CC[O-])OCC(F)(F)F.[Li+]. The number of hydrogen-bond acceptors (Lipinski definition) is 2. The Balaban J connectivity index is 0. The Morgan fingerprint density at radius 3 is 2.25 bits per heavy atom. The topological polar surface area (TPSA) is 32.3 Å². The molecular weight excluding hydrogens is 168 g/mol. The molecule has 0 aromatic heterocycles. The Hall–Kier alpha value is 0.307. The van der Waals surface area contributed by atoms with Crippen molar-refractivity contribution < 1.29 is 41.9 Å². The van der Waals surface area contributed by atoms with Gasteiger partial charge in [0.1, 0.15) is 6.61 Å². The molecule has 0 N–H and O–H groups in total. The summed E-state index contributed by atoms with van der Waals surface area (Å²) in [7, 11) is 0. The van der Waals surface area contributed by atoms with E-state index < -0.39 is 25.5 Å². The van der Waals surface area contributed by atoms with Crippen LogP contribution in [0.25, 0.3) is 0 Å². The van der Waals surface area contributed by atoms with Gasteiger partial charge < -0.3 is 9.84 Å². The monoisotopic (exact) mass is 178 g/mol. The van der Waals surface area contributed by atoms with Crippen LogP contribution in [0.3, 0.4) is 0 Å². The Morgan fingerprint density at radius 2 is 1.92 bits per heavy atom. The molecule has 0 aliphatic carbocycles. The molecule has 12 heavy (non-hydrogen) atoms. The average molecular weight is 178 g/mol. The molecular formula is C6H10F3LiO2. The van der Waals surface area contributed by atoms with E-state index in [9.17, 15) is 18.3 Å². The fourth-order valence-corrected chi connectivity index (χ4v) is 0.486. The second-order valence-electron chi connectivity index (χ2n) is 2.23. The molecule has 0 aliphatic heterocycles. The van der Waals surface area contributed by atoms with Gasteiger partial charge in [0, 0.05) is 0 Å². The van der Waals surface area contributed by atoms with Gasteiger partial charge in [-0.15, -0.1) is 6.61 Å². The second kappa shape index (κ2) is 6.78. The van der Waals surface area contributed by atoms with Gasteiger partial charge in [-0.2, -0.15) is 13.2 Å². The molecule has 0 fully saturated rings. The molecule has 0 bridgehead atoms. The first-order valence-electron chi connectivity index (χ1n) is 3.22. The van der Waals surface area contributed by atoms with Crippen LogP contribution in [0.5, 0.6) is 0 Å². The molecule has 68 valence electrons. The first-order valence-corrected chi connectivity index (χ1v) is 3.22. The number of halogens is 3. The molecule has 0 radical (unpaired) electrons. The van der Waals surface area contributed by atoms with Gasteiger partial charge in [0.05, 0.1) is 6.10 Å². The summed E-state index contributed by atoms with van der Waals surface area (Å²) in [6.45, 7) is -0.225. The molecule has 0 amide bonds. The maximum Gasteiger partial charge on any atom is 1.00 e. The zero-order chi connectivity index (χ0) is 8.91. The minimum atomic E-state index is -4.29. The molecule has 0 aliphatic rings. The molecule has 0 rings (SSSR count). The summed E-state index contributed by atoms with van der Waals surface area (Å²) in [5, 5.41) is 9.90. The molecule has 0 spiro atoms. The predicted octanol–water partition coefficient (Wildman–Crippen LogP) is -2.29. The standard InChI is InChI=1S/C6H10F3O2.Li/c1-5(2-3-10)11-4-6(7,8)9;/h5H,2-4H2,1H3;/q-1;+1. The van der Waals surface area contributed by atoms with Crippen LogP contribution >= 0.6 is 0 Å². The van der Waals surface area contributed by atoms with Crippen LogP contribution in [-0.4, -0.2) is 25.5 Å². The van der Waals surface area contributed by atoms with E-state index in [1.54, 1.807) is 0 Å². The number of ether oxygens (including phenoxy) is 1. The fraction of sp³-hybridized carbons (Fsp3) is 1.00.